The number of rotatable bonds is 3. The largest absolute Gasteiger partial charge is 0.392 e. The van der Waals surface area contributed by atoms with Gasteiger partial charge in [0.2, 0.25) is 0 Å². The number of benzene rings is 1. The zero-order valence-corrected chi connectivity index (χ0v) is 12.4. The van der Waals surface area contributed by atoms with E-state index in [-0.39, 0.29) is 23.9 Å². The molecule has 1 fully saturated rings. The van der Waals surface area contributed by atoms with E-state index in [9.17, 15) is 8.78 Å². The number of anilines is 1. The van der Waals surface area contributed by atoms with Crippen LogP contribution in [0.15, 0.2) is 12.1 Å². The van der Waals surface area contributed by atoms with Gasteiger partial charge in [-0.1, -0.05) is 13.8 Å². The summed E-state index contributed by atoms with van der Waals surface area (Å²) in [7, 11) is 1.75. The van der Waals surface area contributed by atoms with Crippen LogP contribution >= 0.6 is 0 Å². The smallest absolute Gasteiger partial charge is 0.149 e. The Morgan fingerprint density at radius 3 is 2.15 bits per heavy atom. The van der Waals surface area contributed by atoms with Crippen LogP contribution < -0.4 is 4.90 Å². The second-order valence-electron chi connectivity index (χ2n) is 6.57. The average Bonchev–Trinajstić information content (AvgIpc) is 2.37. The molecule has 0 saturated heterocycles. The third-order valence-electron chi connectivity index (χ3n) is 4.47. The van der Waals surface area contributed by atoms with Crippen molar-refractivity contribution in [2.45, 2.75) is 52.2 Å². The van der Waals surface area contributed by atoms with Crippen LogP contribution in [-0.4, -0.2) is 18.2 Å². The van der Waals surface area contributed by atoms with Crippen LogP contribution in [0.25, 0.3) is 0 Å². The molecule has 112 valence electrons. The van der Waals surface area contributed by atoms with E-state index in [1.54, 1.807) is 11.9 Å². The first-order chi connectivity index (χ1) is 9.34. The molecular weight excluding hydrogens is 260 g/mol. The maximum Gasteiger partial charge on any atom is 0.149 e. The van der Waals surface area contributed by atoms with E-state index in [2.05, 4.69) is 13.8 Å². The first-order valence-corrected chi connectivity index (χ1v) is 7.16. The fourth-order valence-electron chi connectivity index (χ4n) is 3.00. The second kappa shape index (κ2) is 5.68. The van der Waals surface area contributed by atoms with Crippen LogP contribution in [0.3, 0.4) is 0 Å². The van der Waals surface area contributed by atoms with Gasteiger partial charge in [0, 0.05) is 13.1 Å². The standard InChI is InChI=1S/C16H23F2NO/c1-16(2)6-4-12(5-7-16)19(3)15-13(17)8-11(10-20)9-14(15)18/h8-9,12,20H,4-7,10H2,1-3H3. The Labute approximate surface area is 119 Å². The zero-order chi connectivity index (χ0) is 14.9. The average molecular weight is 283 g/mol. The van der Waals surface area contributed by atoms with Crippen LogP contribution in [0.5, 0.6) is 0 Å². The van der Waals surface area contributed by atoms with Gasteiger partial charge in [0.1, 0.15) is 17.3 Å². The van der Waals surface area contributed by atoms with Crippen molar-refractivity contribution in [3.63, 3.8) is 0 Å². The van der Waals surface area contributed by atoms with Gasteiger partial charge in [-0.2, -0.15) is 0 Å². The highest BCUT2D eigenvalue weighted by Crippen LogP contribution is 2.38. The first-order valence-electron chi connectivity index (χ1n) is 7.16. The predicted molar refractivity (Wildman–Crippen MR) is 76.7 cm³/mol. The Kier molecular flexibility index (Phi) is 4.33. The van der Waals surface area contributed by atoms with Crippen molar-refractivity contribution >= 4 is 5.69 Å². The van der Waals surface area contributed by atoms with E-state index in [1.165, 1.54) is 12.1 Å². The molecule has 1 N–H and O–H groups in total. The van der Waals surface area contributed by atoms with Gasteiger partial charge in [0.25, 0.3) is 0 Å². The van der Waals surface area contributed by atoms with Crippen molar-refractivity contribution in [1.82, 2.24) is 0 Å². The van der Waals surface area contributed by atoms with Crippen molar-refractivity contribution in [1.29, 1.82) is 0 Å². The topological polar surface area (TPSA) is 23.5 Å². The summed E-state index contributed by atoms with van der Waals surface area (Å²) in [5.41, 5.74) is 0.615. The lowest BCUT2D eigenvalue weighted by molar-refractivity contribution is 0.222. The first kappa shape index (κ1) is 15.2. The number of halogens is 2. The summed E-state index contributed by atoms with van der Waals surface area (Å²) in [6, 6.07) is 2.59. The molecule has 0 amide bonds. The molecular formula is C16H23F2NO. The Hall–Kier alpha value is -1.16. The molecule has 2 rings (SSSR count). The van der Waals surface area contributed by atoms with Crippen LogP contribution in [0.4, 0.5) is 14.5 Å². The lowest BCUT2D eigenvalue weighted by atomic mass is 9.75. The Morgan fingerprint density at radius 1 is 1.20 bits per heavy atom. The van der Waals surface area contributed by atoms with Gasteiger partial charge >= 0.3 is 0 Å². The van der Waals surface area contributed by atoms with Gasteiger partial charge in [0.15, 0.2) is 0 Å². The van der Waals surface area contributed by atoms with Crippen molar-refractivity contribution < 1.29 is 13.9 Å². The molecule has 1 aromatic carbocycles. The van der Waals surface area contributed by atoms with Crippen LogP contribution in [-0.2, 0) is 6.61 Å². The molecule has 0 bridgehead atoms. The van der Waals surface area contributed by atoms with Crippen molar-refractivity contribution in [3.8, 4) is 0 Å². The molecule has 0 spiro atoms. The van der Waals surface area contributed by atoms with Gasteiger partial charge in [-0.05, 0) is 48.8 Å². The fourth-order valence-corrected chi connectivity index (χ4v) is 3.00. The minimum absolute atomic E-state index is 0.0203. The highest BCUT2D eigenvalue weighted by Gasteiger charge is 2.30. The van der Waals surface area contributed by atoms with E-state index in [0.29, 0.717) is 5.41 Å². The van der Waals surface area contributed by atoms with E-state index in [1.807, 2.05) is 0 Å². The molecule has 0 aromatic heterocycles. The molecule has 0 atom stereocenters. The summed E-state index contributed by atoms with van der Waals surface area (Å²) in [5.74, 6) is -1.19. The quantitative estimate of drug-likeness (QED) is 0.910. The molecule has 2 nitrogen and oxygen atoms in total. The molecule has 0 aliphatic heterocycles. The second-order valence-corrected chi connectivity index (χ2v) is 6.57. The van der Waals surface area contributed by atoms with E-state index >= 15 is 0 Å². The van der Waals surface area contributed by atoms with Crippen LogP contribution in [0.1, 0.15) is 45.1 Å². The number of aliphatic hydroxyl groups is 1. The Balaban J connectivity index is 2.19. The molecule has 0 heterocycles. The third kappa shape index (κ3) is 3.11. The summed E-state index contributed by atoms with van der Waals surface area (Å²) in [6.45, 7) is 4.12. The molecule has 1 aromatic rings. The minimum atomic E-state index is -0.596. The van der Waals surface area contributed by atoms with Gasteiger partial charge in [-0.3, -0.25) is 0 Å². The SMILES string of the molecule is CN(c1c(F)cc(CO)cc1F)C1CCC(C)(C)CC1. The van der Waals surface area contributed by atoms with Crippen molar-refractivity contribution in [2.24, 2.45) is 5.41 Å². The van der Waals surface area contributed by atoms with Gasteiger partial charge in [-0.15, -0.1) is 0 Å². The van der Waals surface area contributed by atoms with Crippen molar-refractivity contribution in [2.75, 3.05) is 11.9 Å². The Bertz CT molecular complexity index is 454. The fraction of sp³-hybridized carbons (Fsp3) is 0.625. The predicted octanol–water partition coefficient (Wildman–Crippen LogP) is 3.86. The van der Waals surface area contributed by atoms with Crippen molar-refractivity contribution in [3.05, 3.63) is 29.3 Å². The summed E-state index contributed by atoms with van der Waals surface area (Å²) in [4.78, 5) is 1.72. The van der Waals surface area contributed by atoms with E-state index in [0.717, 1.165) is 25.7 Å². The highest BCUT2D eigenvalue weighted by atomic mass is 19.1. The number of aliphatic hydroxyl groups excluding tert-OH is 1. The van der Waals surface area contributed by atoms with E-state index in [4.69, 9.17) is 5.11 Å². The lowest BCUT2D eigenvalue weighted by Gasteiger charge is -2.39. The molecule has 0 unspecified atom stereocenters. The maximum atomic E-state index is 14.1. The third-order valence-corrected chi connectivity index (χ3v) is 4.47. The summed E-state index contributed by atoms with van der Waals surface area (Å²) < 4.78 is 28.1. The summed E-state index contributed by atoms with van der Waals surface area (Å²) >= 11 is 0. The molecule has 20 heavy (non-hydrogen) atoms. The Morgan fingerprint density at radius 2 is 1.70 bits per heavy atom. The summed E-state index contributed by atoms with van der Waals surface area (Å²) in [6.07, 6.45) is 4.04. The maximum absolute atomic E-state index is 14.1. The normalized spacial score (nSPS) is 19.1. The minimum Gasteiger partial charge on any atom is -0.392 e. The van der Waals surface area contributed by atoms with E-state index < -0.39 is 11.6 Å². The molecule has 4 heteroatoms. The van der Waals surface area contributed by atoms with Gasteiger partial charge in [0.05, 0.1) is 6.61 Å². The summed E-state index contributed by atoms with van der Waals surface area (Å²) in [5, 5.41) is 8.98. The highest BCUT2D eigenvalue weighted by molar-refractivity contribution is 5.51. The molecule has 1 aliphatic carbocycles. The molecule has 1 saturated carbocycles. The molecule has 1 aliphatic rings. The molecule has 0 radical (unpaired) electrons. The van der Waals surface area contributed by atoms with Gasteiger partial charge < -0.3 is 10.0 Å². The van der Waals surface area contributed by atoms with Crippen LogP contribution in [0, 0.1) is 17.0 Å². The van der Waals surface area contributed by atoms with Crippen LogP contribution in [0.2, 0.25) is 0 Å². The lowest BCUT2D eigenvalue weighted by Crippen LogP contribution is -2.38. The monoisotopic (exact) mass is 283 g/mol. The van der Waals surface area contributed by atoms with Gasteiger partial charge in [-0.25, -0.2) is 8.78 Å². The number of nitrogens with zero attached hydrogens (tertiary/aromatic N) is 1. The number of hydrogen-bond donors (Lipinski definition) is 1. The zero-order valence-electron chi connectivity index (χ0n) is 12.4. The number of hydrogen-bond acceptors (Lipinski definition) is 2.